The Morgan fingerprint density at radius 1 is 1.17 bits per heavy atom. The Balaban J connectivity index is 1.94. The molecule has 124 valence electrons. The molecule has 3 rings (SSSR count). The number of hydrogen-bond donors (Lipinski definition) is 2. The third kappa shape index (κ3) is 3.19. The number of carbonyl (C=O) groups is 1. The average Bonchev–Trinajstić information content (AvgIpc) is 3.11. The molecule has 0 saturated carbocycles. The number of rotatable bonds is 4. The summed E-state index contributed by atoms with van der Waals surface area (Å²) < 4.78 is 2.23. The number of benzene rings is 1. The lowest BCUT2D eigenvalue weighted by Gasteiger charge is -2.10. The molecule has 0 aliphatic rings. The minimum absolute atomic E-state index is 0.149. The van der Waals surface area contributed by atoms with Gasteiger partial charge in [-0.2, -0.15) is 0 Å². The van der Waals surface area contributed by atoms with E-state index in [1.54, 1.807) is 0 Å². The third-order valence-electron chi connectivity index (χ3n) is 3.85. The van der Waals surface area contributed by atoms with Crippen molar-refractivity contribution in [2.24, 2.45) is 0 Å². The van der Waals surface area contributed by atoms with E-state index in [9.17, 15) is 4.79 Å². The average molecular weight is 340 g/mol. The van der Waals surface area contributed by atoms with Gasteiger partial charge in [0.25, 0.3) is 0 Å². The molecule has 3 aromatic rings. The fourth-order valence-corrected chi connectivity index (χ4v) is 3.37. The number of hydrazine groups is 1. The predicted octanol–water partition coefficient (Wildman–Crippen LogP) is 3.99. The molecule has 0 unspecified atom stereocenters. The predicted molar refractivity (Wildman–Crippen MR) is 98.5 cm³/mol. The number of nitrogens with one attached hydrogen (secondary N) is 2. The van der Waals surface area contributed by atoms with Crippen LogP contribution in [0.3, 0.4) is 0 Å². The monoisotopic (exact) mass is 340 g/mol. The Hall–Kier alpha value is -2.60. The largest absolute Gasteiger partial charge is 0.318 e. The van der Waals surface area contributed by atoms with Gasteiger partial charge in [-0.1, -0.05) is 17.7 Å². The first-order valence-electron chi connectivity index (χ1n) is 7.70. The highest BCUT2D eigenvalue weighted by atomic mass is 32.1. The van der Waals surface area contributed by atoms with Crippen molar-refractivity contribution in [2.45, 2.75) is 27.7 Å². The summed E-state index contributed by atoms with van der Waals surface area (Å²) >= 11 is 1.46. The molecule has 0 radical (unpaired) electrons. The molecular formula is C18H20N4OS. The van der Waals surface area contributed by atoms with Crippen LogP contribution < -0.4 is 10.9 Å². The van der Waals surface area contributed by atoms with E-state index in [-0.39, 0.29) is 5.91 Å². The molecule has 5 nitrogen and oxygen atoms in total. The van der Waals surface area contributed by atoms with Gasteiger partial charge in [0.1, 0.15) is 0 Å². The van der Waals surface area contributed by atoms with E-state index in [1.165, 1.54) is 23.8 Å². The second kappa shape index (κ2) is 6.49. The molecule has 0 atom stereocenters. The van der Waals surface area contributed by atoms with E-state index in [4.69, 9.17) is 0 Å². The fourth-order valence-electron chi connectivity index (χ4n) is 2.71. The topological polar surface area (TPSA) is 59.0 Å². The van der Waals surface area contributed by atoms with Crippen molar-refractivity contribution < 1.29 is 4.79 Å². The van der Waals surface area contributed by atoms with Crippen molar-refractivity contribution in [3.63, 3.8) is 0 Å². The van der Waals surface area contributed by atoms with Crippen LogP contribution in [0.2, 0.25) is 0 Å². The van der Waals surface area contributed by atoms with E-state index >= 15 is 0 Å². The summed E-state index contributed by atoms with van der Waals surface area (Å²) in [6.45, 7) is 7.74. The summed E-state index contributed by atoms with van der Waals surface area (Å²) in [4.78, 5) is 15.5. The normalized spacial score (nSPS) is 10.7. The number of hydrogen-bond acceptors (Lipinski definition) is 4. The maximum absolute atomic E-state index is 11.0. The number of aryl methyl sites for hydroxylation is 2. The second-order valence-electron chi connectivity index (χ2n) is 5.80. The second-order valence-corrected chi connectivity index (χ2v) is 6.66. The lowest BCUT2D eigenvalue weighted by atomic mass is 10.2. The Kier molecular flexibility index (Phi) is 4.40. The number of nitrogens with zero attached hydrogens (tertiary/aromatic N) is 2. The van der Waals surface area contributed by atoms with Crippen LogP contribution in [0.15, 0.2) is 35.7 Å². The van der Waals surface area contributed by atoms with E-state index < -0.39 is 0 Å². The Morgan fingerprint density at radius 2 is 1.88 bits per heavy atom. The summed E-state index contributed by atoms with van der Waals surface area (Å²) in [7, 11) is 0. The molecule has 0 spiro atoms. The molecule has 24 heavy (non-hydrogen) atoms. The first kappa shape index (κ1) is 16.3. The van der Waals surface area contributed by atoms with Crippen molar-refractivity contribution in [2.75, 3.05) is 5.43 Å². The molecule has 2 heterocycles. The summed E-state index contributed by atoms with van der Waals surface area (Å²) in [6.07, 6.45) is 0. The number of aromatic nitrogens is 2. The van der Waals surface area contributed by atoms with Crippen molar-refractivity contribution in [3.05, 3.63) is 52.7 Å². The zero-order chi connectivity index (χ0) is 17.3. The highest BCUT2D eigenvalue weighted by Gasteiger charge is 2.14. The summed E-state index contributed by atoms with van der Waals surface area (Å²) in [5.41, 5.74) is 12.1. The highest BCUT2D eigenvalue weighted by molar-refractivity contribution is 7.14. The Bertz CT molecular complexity index is 877. The van der Waals surface area contributed by atoms with Crippen LogP contribution in [0.5, 0.6) is 0 Å². The quantitative estimate of drug-likeness (QED) is 0.706. The van der Waals surface area contributed by atoms with Gasteiger partial charge in [0.05, 0.1) is 5.69 Å². The Morgan fingerprint density at radius 3 is 2.54 bits per heavy atom. The first-order valence-corrected chi connectivity index (χ1v) is 8.58. The number of carbonyl (C=O) groups excluding carboxylic acids is 1. The van der Waals surface area contributed by atoms with Gasteiger partial charge in [-0.3, -0.25) is 15.6 Å². The van der Waals surface area contributed by atoms with E-state index in [2.05, 4.69) is 71.5 Å². The van der Waals surface area contributed by atoms with Gasteiger partial charge in [0, 0.05) is 34.9 Å². The maximum Gasteiger partial charge on any atom is 0.235 e. The lowest BCUT2D eigenvalue weighted by Crippen LogP contribution is -2.26. The summed E-state index contributed by atoms with van der Waals surface area (Å²) in [6, 6.07) is 10.6. The number of anilines is 1. The molecule has 0 bridgehead atoms. The lowest BCUT2D eigenvalue weighted by molar-refractivity contribution is -0.118. The fraction of sp³-hybridized carbons (Fsp3) is 0.222. The van der Waals surface area contributed by atoms with E-state index in [1.807, 2.05) is 5.38 Å². The van der Waals surface area contributed by atoms with Gasteiger partial charge in [-0.15, -0.1) is 11.3 Å². The Labute approximate surface area is 145 Å². The summed E-state index contributed by atoms with van der Waals surface area (Å²) in [5.74, 6) is -0.149. The van der Waals surface area contributed by atoms with Crippen LogP contribution in [0.25, 0.3) is 16.9 Å². The molecular weight excluding hydrogens is 320 g/mol. The van der Waals surface area contributed by atoms with Gasteiger partial charge in [0.2, 0.25) is 11.0 Å². The third-order valence-corrected chi connectivity index (χ3v) is 4.61. The standard InChI is InChI=1S/C18H20N4OS/c1-11-5-7-15(8-6-11)22-12(2)9-16(13(22)3)17-10-24-18(19-17)21-20-14(4)23/h5-10H,1-4H3,(H,19,21)(H,20,23). The van der Waals surface area contributed by atoms with Crippen LogP contribution in [-0.4, -0.2) is 15.5 Å². The van der Waals surface area contributed by atoms with Gasteiger partial charge in [-0.25, -0.2) is 4.98 Å². The molecule has 0 saturated heterocycles. The molecule has 2 aromatic heterocycles. The van der Waals surface area contributed by atoms with Crippen molar-refractivity contribution in [1.29, 1.82) is 0 Å². The molecule has 2 N–H and O–H groups in total. The molecule has 6 heteroatoms. The van der Waals surface area contributed by atoms with Crippen molar-refractivity contribution in [1.82, 2.24) is 15.0 Å². The van der Waals surface area contributed by atoms with Crippen LogP contribution in [0.4, 0.5) is 5.13 Å². The number of thiazole rings is 1. The zero-order valence-corrected chi connectivity index (χ0v) is 15.0. The van der Waals surface area contributed by atoms with Gasteiger partial charge >= 0.3 is 0 Å². The molecule has 1 aromatic carbocycles. The smallest absolute Gasteiger partial charge is 0.235 e. The first-order chi connectivity index (χ1) is 11.5. The van der Waals surface area contributed by atoms with Gasteiger partial charge in [0.15, 0.2) is 0 Å². The molecule has 0 fully saturated rings. The highest BCUT2D eigenvalue weighted by Crippen LogP contribution is 2.31. The van der Waals surface area contributed by atoms with Crippen molar-refractivity contribution >= 4 is 22.4 Å². The summed E-state index contributed by atoms with van der Waals surface area (Å²) in [5, 5.41) is 2.66. The molecule has 0 aliphatic carbocycles. The zero-order valence-electron chi connectivity index (χ0n) is 14.2. The molecule has 1 amide bonds. The SMILES string of the molecule is CC(=O)NNc1nc(-c2cc(C)n(-c3ccc(C)cc3)c2C)cs1. The van der Waals surface area contributed by atoms with Crippen LogP contribution in [0, 0.1) is 20.8 Å². The van der Waals surface area contributed by atoms with Crippen molar-refractivity contribution in [3.8, 4) is 16.9 Å². The minimum Gasteiger partial charge on any atom is -0.318 e. The van der Waals surface area contributed by atoms with E-state index in [0.29, 0.717) is 5.13 Å². The van der Waals surface area contributed by atoms with Gasteiger partial charge in [-0.05, 0) is 39.0 Å². The van der Waals surface area contributed by atoms with Gasteiger partial charge < -0.3 is 4.57 Å². The minimum atomic E-state index is -0.149. The van der Waals surface area contributed by atoms with Crippen LogP contribution in [-0.2, 0) is 4.79 Å². The number of amides is 1. The van der Waals surface area contributed by atoms with E-state index in [0.717, 1.165) is 28.3 Å². The van der Waals surface area contributed by atoms with Crippen LogP contribution in [0.1, 0.15) is 23.9 Å². The van der Waals surface area contributed by atoms with Crippen LogP contribution >= 0.6 is 11.3 Å². The molecule has 0 aliphatic heterocycles. The maximum atomic E-state index is 11.0.